The molecule has 1 amide bonds. The first-order valence-corrected chi connectivity index (χ1v) is 7.61. The molecule has 1 aromatic rings. The molecule has 1 N–H and O–H groups in total. The molecule has 1 aromatic carbocycles. The highest BCUT2D eigenvalue weighted by molar-refractivity contribution is 8.00. The molecule has 0 radical (unpaired) electrons. The lowest BCUT2D eigenvalue weighted by Gasteiger charge is -2.21. The molecular weight excluding hydrogens is 303 g/mol. The zero-order chi connectivity index (χ0) is 15.5. The van der Waals surface area contributed by atoms with Crippen molar-refractivity contribution in [1.29, 1.82) is 0 Å². The second-order valence-electron chi connectivity index (χ2n) is 4.86. The Kier molecular flexibility index (Phi) is 5.16. The van der Waals surface area contributed by atoms with E-state index in [-0.39, 0.29) is 30.9 Å². The number of rotatable bonds is 6. The number of carbonyl (C=O) groups excluding carboxylic acids is 1. The van der Waals surface area contributed by atoms with Gasteiger partial charge in [0.25, 0.3) is 0 Å². The van der Waals surface area contributed by atoms with Crippen LogP contribution in [0.2, 0.25) is 0 Å². The average Bonchev–Trinajstić information content (AvgIpc) is 3.26. The maximum Gasteiger partial charge on any atom is 0.416 e. The second-order valence-corrected chi connectivity index (χ2v) is 5.90. The van der Waals surface area contributed by atoms with E-state index in [9.17, 15) is 18.0 Å². The predicted octanol–water partition coefficient (Wildman–Crippen LogP) is 2.78. The summed E-state index contributed by atoms with van der Waals surface area (Å²) < 4.78 is 37.8. The Morgan fingerprint density at radius 3 is 2.67 bits per heavy atom. The van der Waals surface area contributed by atoms with Crippen LogP contribution in [-0.2, 0) is 11.0 Å². The molecule has 2 rings (SSSR count). The Labute approximate surface area is 125 Å². The smallest absolute Gasteiger partial charge is 0.395 e. The van der Waals surface area contributed by atoms with Crippen LogP contribution in [0, 0.1) is 0 Å². The van der Waals surface area contributed by atoms with Crippen LogP contribution in [0.5, 0.6) is 0 Å². The Hall–Kier alpha value is -1.21. The number of alkyl halides is 3. The fourth-order valence-corrected chi connectivity index (χ4v) is 2.84. The SMILES string of the molecule is O=C(CSc1cccc(C(F)(F)F)c1)N(CCO)C1CC1. The Balaban J connectivity index is 1.94. The van der Waals surface area contributed by atoms with E-state index >= 15 is 0 Å². The van der Waals surface area contributed by atoms with Gasteiger partial charge in [0.05, 0.1) is 17.9 Å². The van der Waals surface area contributed by atoms with Gasteiger partial charge in [-0.25, -0.2) is 0 Å². The van der Waals surface area contributed by atoms with Gasteiger partial charge < -0.3 is 10.0 Å². The summed E-state index contributed by atoms with van der Waals surface area (Å²) in [6, 6.07) is 5.13. The van der Waals surface area contributed by atoms with Crippen LogP contribution in [0.1, 0.15) is 18.4 Å². The first-order valence-electron chi connectivity index (χ1n) is 6.62. The zero-order valence-electron chi connectivity index (χ0n) is 11.3. The number of thioether (sulfide) groups is 1. The van der Waals surface area contributed by atoms with Crippen LogP contribution >= 0.6 is 11.8 Å². The lowest BCUT2D eigenvalue weighted by molar-refractivity contribution is -0.137. The van der Waals surface area contributed by atoms with Gasteiger partial charge in [0.15, 0.2) is 0 Å². The van der Waals surface area contributed by atoms with E-state index in [0.29, 0.717) is 4.90 Å². The number of hydrogen-bond acceptors (Lipinski definition) is 3. The molecule has 0 heterocycles. The molecule has 1 aliphatic carbocycles. The van der Waals surface area contributed by atoms with Gasteiger partial charge in [-0.2, -0.15) is 13.2 Å². The quantitative estimate of drug-likeness (QED) is 0.820. The summed E-state index contributed by atoms with van der Waals surface area (Å²) in [4.78, 5) is 14.1. The van der Waals surface area contributed by atoms with Gasteiger partial charge in [-0.1, -0.05) is 6.07 Å². The molecule has 0 aliphatic heterocycles. The minimum Gasteiger partial charge on any atom is -0.395 e. The first kappa shape index (κ1) is 16.2. The van der Waals surface area contributed by atoms with Crippen molar-refractivity contribution in [2.75, 3.05) is 18.9 Å². The van der Waals surface area contributed by atoms with Gasteiger partial charge >= 0.3 is 6.18 Å². The lowest BCUT2D eigenvalue weighted by Crippen LogP contribution is -2.36. The van der Waals surface area contributed by atoms with E-state index in [2.05, 4.69) is 0 Å². The maximum atomic E-state index is 12.6. The van der Waals surface area contributed by atoms with Crippen molar-refractivity contribution in [3.05, 3.63) is 29.8 Å². The van der Waals surface area contributed by atoms with Crippen molar-refractivity contribution in [2.24, 2.45) is 0 Å². The minimum absolute atomic E-state index is 0.0812. The molecule has 1 fully saturated rings. The summed E-state index contributed by atoms with van der Waals surface area (Å²) in [7, 11) is 0. The monoisotopic (exact) mass is 319 g/mol. The van der Waals surface area contributed by atoms with Crippen LogP contribution in [0.4, 0.5) is 13.2 Å². The van der Waals surface area contributed by atoms with E-state index in [1.54, 1.807) is 11.0 Å². The summed E-state index contributed by atoms with van der Waals surface area (Å²) >= 11 is 1.09. The van der Waals surface area contributed by atoms with Crippen molar-refractivity contribution in [3.63, 3.8) is 0 Å². The first-order chi connectivity index (χ1) is 9.91. The molecule has 1 aliphatic rings. The number of aliphatic hydroxyl groups excluding tert-OH is 1. The highest BCUT2D eigenvalue weighted by atomic mass is 32.2. The second kappa shape index (κ2) is 6.70. The summed E-state index contributed by atoms with van der Waals surface area (Å²) in [5, 5.41) is 8.95. The largest absolute Gasteiger partial charge is 0.416 e. The zero-order valence-corrected chi connectivity index (χ0v) is 12.1. The van der Waals surface area contributed by atoms with Crippen molar-refractivity contribution in [1.82, 2.24) is 4.90 Å². The molecule has 1 saturated carbocycles. The number of hydrogen-bond donors (Lipinski definition) is 1. The van der Waals surface area contributed by atoms with Crippen molar-refractivity contribution < 1.29 is 23.1 Å². The van der Waals surface area contributed by atoms with Crippen LogP contribution in [0.15, 0.2) is 29.2 Å². The van der Waals surface area contributed by atoms with E-state index in [1.807, 2.05) is 0 Å². The minimum atomic E-state index is -4.38. The third-order valence-corrected chi connectivity index (χ3v) is 4.15. The van der Waals surface area contributed by atoms with Crippen LogP contribution in [0.3, 0.4) is 0 Å². The third kappa shape index (κ3) is 4.64. The van der Waals surface area contributed by atoms with Gasteiger partial charge in [0.2, 0.25) is 5.91 Å². The third-order valence-electron chi connectivity index (χ3n) is 3.17. The van der Waals surface area contributed by atoms with Crippen molar-refractivity contribution in [3.8, 4) is 0 Å². The van der Waals surface area contributed by atoms with Crippen molar-refractivity contribution in [2.45, 2.75) is 30.0 Å². The average molecular weight is 319 g/mol. The van der Waals surface area contributed by atoms with Gasteiger partial charge in [-0.05, 0) is 31.0 Å². The topological polar surface area (TPSA) is 40.5 Å². The van der Waals surface area contributed by atoms with E-state index in [0.717, 1.165) is 36.7 Å². The Morgan fingerprint density at radius 1 is 1.38 bits per heavy atom. The van der Waals surface area contributed by atoms with Crippen molar-refractivity contribution >= 4 is 17.7 Å². The fourth-order valence-electron chi connectivity index (χ4n) is 2.00. The molecule has 0 bridgehead atoms. The molecule has 116 valence electrons. The molecule has 0 unspecified atom stereocenters. The van der Waals surface area contributed by atoms with Crippen LogP contribution in [0.25, 0.3) is 0 Å². The number of aliphatic hydroxyl groups is 1. The Morgan fingerprint density at radius 2 is 2.10 bits per heavy atom. The van der Waals surface area contributed by atoms with Crippen LogP contribution < -0.4 is 0 Å². The summed E-state index contributed by atoms with van der Waals surface area (Å²) in [6.45, 7) is 0.184. The maximum absolute atomic E-state index is 12.6. The number of carbonyl (C=O) groups is 1. The molecule has 0 saturated heterocycles. The predicted molar refractivity (Wildman–Crippen MR) is 74.0 cm³/mol. The van der Waals surface area contributed by atoms with Gasteiger partial charge in [0.1, 0.15) is 0 Å². The molecular formula is C14H16F3NO2S. The van der Waals surface area contributed by atoms with E-state index < -0.39 is 11.7 Å². The number of benzene rings is 1. The highest BCUT2D eigenvalue weighted by Crippen LogP contribution is 2.32. The van der Waals surface area contributed by atoms with Crippen LogP contribution in [-0.4, -0.2) is 40.9 Å². The number of nitrogens with zero attached hydrogens (tertiary/aromatic N) is 1. The molecule has 0 spiro atoms. The molecule has 7 heteroatoms. The van der Waals surface area contributed by atoms with Gasteiger partial charge in [-0.15, -0.1) is 11.8 Å². The van der Waals surface area contributed by atoms with Gasteiger partial charge in [0, 0.05) is 17.5 Å². The molecule has 3 nitrogen and oxygen atoms in total. The molecule has 0 atom stereocenters. The van der Waals surface area contributed by atoms with E-state index in [1.165, 1.54) is 6.07 Å². The normalized spacial score (nSPS) is 15.0. The standard InChI is InChI=1S/C14H16F3NO2S/c15-14(16,17)10-2-1-3-12(8-10)21-9-13(20)18(6-7-19)11-4-5-11/h1-3,8,11,19H,4-7,9H2. The summed E-state index contributed by atoms with van der Waals surface area (Å²) in [5.41, 5.74) is -0.714. The molecule has 0 aromatic heterocycles. The Bertz CT molecular complexity index is 503. The number of amides is 1. The summed E-state index contributed by atoms with van der Waals surface area (Å²) in [6.07, 6.45) is -2.52. The fraction of sp³-hybridized carbons (Fsp3) is 0.500. The van der Waals surface area contributed by atoms with E-state index in [4.69, 9.17) is 5.11 Å². The summed E-state index contributed by atoms with van der Waals surface area (Å²) in [5.74, 6) is -0.0633. The molecule has 21 heavy (non-hydrogen) atoms. The van der Waals surface area contributed by atoms with Gasteiger partial charge in [-0.3, -0.25) is 4.79 Å². The highest BCUT2D eigenvalue weighted by Gasteiger charge is 2.32. The lowest BCUT2D eigenvalue weighted by atomic mass is 10.2. The number of halogens is 3.